The molecule has 8 nitrogen and oxygen atoms in total. The van der Waals surface area contributed by atoms with E-state index in [1.807, 2.05) is 69.3 Å². The van der Waals surface area contributed by atoms with E-state index in [9.17, 15) is 14.4 Å². The Bertz CT molecular complexity index is 1090. The van der Waals surface area contributed by atoms with Crippen molar-refractivity contribution in [3.63, 3.8) is 0 Å². The summed E-state index contributed by atoms with van der Waals surface area (Å²) in [7, 11) is 0. The standard InChI is InChI=1S/C28H35N3O5/c1-28(2,3)27(34)31-16-23-24(17-31)35-18-20-5-4-6-22(15-20)36-21-10-7-19(8-11-21)9-12-25(32)29-14-13-26(33)30-23/h4-8,10-11,15,23-24H,9,12-14,16-18H2,1-3H3,(H,29,32)(H,30,33)/t23-,24-/m0/s1. The molecule has 8 heteroatoms. The van der Waals surface area contributed by atoms with Gasteiger partial charge >= 0.3 is 0 Å². The molecule has 0 spiro atoms. The first-order valence-corrected chi connectivity index (χ1v) is 12.5. The van der Waals surface area contributed by atoms with E-state index in [-0.39, 0.29) is 42.8 Å². The maximum atomic E-state index is 12.9. The second-order valence-corrected chi connectivity index (χ2v) is 10.5. The van der Waals surface area contributed by atoms with Gasteiger partial charge in [0.15, 0.2) is 0 Å². The summed E-state index contributed by atoms with van der Waals surface area (Å²) in [6.07, 6.45) is 0.757. The fraction of sp³-hybridized carbons (Fsp3) is 0.464. The number of fused-ring (bicyclic) bond motifs is 10. The molecule has 192 valence electrons. The van der Waals surface area contributed by atoms with Gasteiger partial charge in [-0.1, -0.05) is 45.0 Å². The van der Waals surface area contributed by atoms with Crippen LogP contribution >= 0.6 is 0 Å². The Morgan fingerprint density at radius 2 is 1.69 bits per heavy atom. The summed E-state index contributed by atoms with van der Waals surface area (Å²) in [5, 5.41) is 5.84. The van der Waals surface area contributed by atoms with Gasteiger partial charge in [0, 0.05) is 37.9 Å². The normalized spacial score (nSPS) is 21.7. The molecule has 5 rings (SSSR count). The van der Waals surface area contributed by atoms with Gasteiger partial charge in [-0.25, -0.2) is 0 Å². The predicted octanol–water partition coefficient (Wildman–Crippen LogP) is 3.19. The zero-order valence-corrected chi connectivity index (χ0v) is 21.2. The molecule has 0 unspecified atom stereocenters. The third-order valence-electron chi connectivity index (χ3n) is 6.38. The molecule has 2 atom stereocenters. The van der Waals surface area contributed by atoms with Crippen LogP contribution in [0.4, 0.5) is 0 Å². The van der Waals surface area contributed by atoms with Crippen LogP contribution in [-0.2, 0) is 32.1 Å². The van der Waals surface area contributed by atoms with E-state index in [4.69, 9.17) is 9.47 Å². The van der Waals surface area contributed by atoms with Crippen LogP contribution in [-0.4, -0.2) is 54.4 Å². The van der Waals surface area contributed by atoms with Crippen LogP contribution in [0.5, 0.6) is 11.5 Å². The molecule has 3 heterocycles. The first-order chi connectivity index (χ1) is 17.2. The molecule has 0 aromatic heterocycles. The third kappa shape index (κ3) is 6.85. The summed E-state index contributed by atoms with van der Waals surface area (Å²) in [6.45, 7) is 7.02. The molecule has 36 heavy (non-hydrogen) atoms. The lowest BCUT2D eigenvalue weighted by atomic mass is 9.95. The zero-order valence-electron chi connectivity index (χ0n) is 21.2. The van der Waals surface area contributed by atoms with Crippen molar-refractivity contribution >= 4 is 17.7 Å². The van der Waals surface area contributed by atoms with Gasteiger partial charge in [0.05, 0.1) is 18.8 Å². The number of nitrogens with one attached hydrogen (secondary N) is 2. The van der Waals surface area contributed by atoms with Crippen molar-refractivity contribution in [3.8, 4) is 11.5 Å². The van der Waals surface area contributed by atoms with Crippen molar-refractivity contribution in [2.45, 2.75) is 58.8 Å². The van der Waals surface area contributed by atoms with E-state index in [2.05, 4.69) is 10.6 Å². The Morgan fingerprint density at radius 3 is 2.44 bits per heavy atom. The number of rotatable bonds is 0. The molecule has 0 radical (unpaired) electrons. The SMILES string of the molecule is CC(C)(C)C(=O)N1C[C@@H]2NC(=O)CCNC(=O)CCc3ccc(cc3)Oc3cccc(c3)CO[C@H]2C1. The van der Waals surface area contributed by atoms with Crippen molar-refractivity contribution in [3.05, 3.63) is 59.7 Å². The molecule has 0 saturated carbocycles. The van der Waals surface area contributed by atoms with Crippen LogP contribution in [0.2, 0.25) is 0 Å². The number of hydrogen-bond acceptors (Lipinski definition) is 5. The minimum atomic E-state index is -0.527. The minimum absolute atomic E-state index is 0.0203. The highest BCUT2D eigenvalue weighted by Gasteiger charge is 2.40. The molecule has 3 aliphatic heterocycles. The predicted molar refractivity (Wildman–Crippen MR) is 135 cm³/mol. The van der Waals surface area contributed by atoms with Gasteiger partial charge in [-0.2, -0.15) is 0 Å². The highest BCUT2D eigenvalue weighted by Crippen LogP contribution is 2.26. The molecule has 4 bridgehead atoms. The van der Waals surface area contributed by atoms with Gasteiger partial charge in [0.25, 0.3) is 0 Å². The van der Waals surface area contributed by atoms with Crippen molar-refractivity contribution < 1.29 is 23.9 Å². The smallest absolute Gasteiger partial charge is 0.228 e. The van der Waals surface area contributed by atoms with Crippen molar-refractivity contribution in [1.29, 1.82) is 0 Å². The number of amides is 3. The van der Waals surface area contributed by atoms with Gasteiger partial charge in [-0.05, 0) is 41.8 Å². The fourth-order valence-corrected chi connectivity index (χ4v) is 4.42. The maximum absolute atomic E-state index is 12.9. The number of ether oxygens (including phenoxy) is 2. The summed E-state index contributed by atoms with van der Waals surface area (Å²) in [6, 6.07) is 15.0. The highest BCUT2D eigenvalue weighted by atomic mass is 16.5. The van der Waals surface area contributed by atoms with E-state index in [1.165, 1.54) is 0 Å². The lowest BCUT2D eigenvalue weighted by Gasteiger charge is -2.25. The summed E-state index contributed by atoms with van der Waals surface area (Å²) >= 11 is 0. The summed E-state index contributed by atoms with van der Waals surface area (Å²) < 4.78 is 12.3. The first-order valence-electron chi connectivity index (χ1n) is 12.5. The minimum Gasteiger partial charge on any atom is -0.457 e. The molecular formula is C28H35N3O5. The number of nitrogens with zero attached hydrogens (tertiary/aromatic N) is 1. The molecule has 1 fully saturated rings. The van der Waals surface area contributed by atoms with E-state index in [0.29, 0.717) is 44.0 Å². The Morgan fingerprint density at radius 1 is 0.917 bits per heavy atom. The number of aryl methyl sites for hydroxylation is 1. The number of carbonyl (C=O) groups is 3. The van der Waals surface area contributed by atoms with Crippen molar-refractivity contribution in [2.24, 2.45) is 5.41 Å². The molecule has 0 aliphatic carbocycles. The Labute approximate surface area is 212 Å². The molecular weight excluding hydrogens is 458 g/mol. The average Bonchev–Trinajstić information content (AvgIpc) is 3.23. The molecule has 3 aliphatic rings. The van der Waals surface area contributed by atoms with E-state index < -0.39 is 5.41 Å². The third-order valence-corrected chi connectivity index (χ3v) is 6.38. The van der Waals surface area contributed by atoms with Crippen LogP contribution < -0.4 is 15.4 Å². The molecule has 2 aromatic carbocycles. The van der Waals surface area contributed by atoms with Gasteiger partial charge in [-0.3, -0.25) is 14.4 Å². The van der Waals surface area contributed by atoms with Gasteiger partial charge < -0.3 is 25.0 Å². The van der Waals surface area contributed by atoms with Crippen LogP contribution in [0.25, 0.3) is 0 Å². The van der Waals surface area contributed by atoms with Crippen molar-refractivity contribution in [1.82, 2.24) is 15.5 Å². The molecule has 2 N–H and O–H groups in total. The zero-order chi connectivity index (χ0) is 25.7. The van der Waals surface area contributed by atoms with Crippen LogP contribution in [0, 0.1) is 5.41 Å². The van der Waals surface area contributed by atoms with Crippen LogP contribution in [0.3, 0.4) is 0 Å². The van der Waals surface area contributed by atoms with E-state index >= 15 is 0 Å². The van der Waals surface area contributed by atoms with Gasteiger partial charge in [0.2, 0.25) is 17.7 Å². The lowest BCUT2D eigenvalue weighted by molar-refractivity contribution is -0.139. The fourth-order valence-electron chi connectivity index (χ4n) is 4.42. The number of benzene rings is 2. The monoisotopic (exact) mass is 493 g/mol. The van der Waals surface area contributed by atoms with E-state index in [0.717, 1.165) is 11.1 Å². The molecule has 2 aromatic rings. The average molecular weight is 494 g/mol. The quantitative estimate of drug-likeness (QED) is 0.588. The number of hydrogen-bond donors (Lipinski definition) is 2. The topological polar surface area (TPSA) is 97.0 Å². The summed E-state index contributed by atoms with van der Waals surface area (Å²) in [4.78, 5) is 39.6. The van der Waals surface area contributed by atoms with Gasteiger partial charge in [0.1, 0.15) is 11.5 Å². The first kappa shape index (κ1) is 25.7. The van der Waals surface area contributed by atoms with E-state index in [1.54, 1.807) is 4.90 Å². The highest BCUT2D eigenvalue weighted by molar-refractivity contribution is 5.82. The van der Waals surface area contributed by atoms with Gasteiger partial charge in [-0.15, -0.1) is 0 Å². The maximum Gasteiger partial charge on any atom is 0.228 e. The van der Waals surface area contributed by atoms with Crippen LogP contribution in [0.15, 0.2) is 48.5 Å². The lowest BCUT2D eigenvalue weighted by Crippen LogP contribution is -2.45. The molecule has 1 saturated heterocycles. The van der Waals surface area contributed by atoms with Crippen molar-refractivity contribution in [2.75, 3.05) is 19.6 Å². The van der Waals surface area contributed by atoms with Crippen LogP contribution in [0.1, 0.15) is 44.7 Å². The second-order valence-electron chi connectivity index (χ2n) is 10.5. The summed E-state index contributed by atoms with van der Waals surface area (Å²) in [5.74, 6) is 1.15. The number of likely N-dealkylation sites (tertiary alicyclic amines) is 1. The second kappa shape index (κ2) is 11.1. The Hall–Kier alpha value is -3.39. The Balaban J connectivity index is 1.53. The largest absolute Gasteiger partial charge is 0.457 e. The molecule has 3 amide bonds. The summed E-state index contributed by atoms with van der Waals surface area (Å²) in [5.41, 5.74) is 1.45. The number of carbonyl (C=O) groups excluding carboxylic acids is 3. The Kier molecular flexibility index (Phi) is 7.94.